The highest BCUT2D eigenvalue weighted by molar-refractivity contribution is 14.0. The molecule has 0 radical (unpaired) electrons. The Kier molecular flexibility index (Phi) is 10.5. The normalized spacial score (nSPS) is 11.0. The smallest absolute Gasteiger partial charge is 0.191 e. The molecule has 1 heterocycles. The predicted molar refractivity (Wildman–Crippen MR) is 116 cm³/mol. The van der Waals surface area contributed by atoms with E-state index >= 15 is 0 Å². The van der Waals surface area contributed by atoms with E-state index in [4.69, 9.17) is 0 Å². The van der Waals surface area contributed by atoms with E-state index in [9.17, 15) is 5.11 Å². The number of rotatable bonds is 8. The molecule has 0 atom stereocenters. The average molecular weight is 474 g/mol. The second-order valence-corrected chi connectivity index (χ2v) is 6.89. The number of aliphatic imine (C=N–C) groups is 1. The first kappa shape index (κ1) is 21.7. The second-order valence-electron chi connectivity index (χ2n) is 5.57. The largest absolute Gasteiger partial charge is 0.508 e. The Hall–Kier alpha value is -1.35. The zero-order valence-corrected chi connectivity index (χ0v) is 17.9. The van der Waals surface area contributed by atoms with Gasteiger partial charge in [0, 0.05) is 37.1 Å². The lowest BCUT2D eigenvalue weighted by atomic mass is 10.1. The fourth-order valence-electron chi connectivity index (χ4n) is 2.28. The van der Waals surface area contributed by atoms with Gasteiger partial charge in [0.1, 0.15) is 5.75 Å². The third kappa shape index (κ3) is 8.53. The lowest BCUT2D eigenvalue weighted by Crippen LogP contribution is -2.38. The number of thiazole rings is 1. The van der Waals surface area contributed by atoms with Gasteiger partial charge in [0.15, 0.2) is 5.96 Å². The highest BCUT2D eigenvalue weighted by Gasteiger charge is 2.01. The summed E-state index contributed by atoms with van der Waals surface area (Å²) in [5.41, 5.74) is 1.22. The van der Waals surface area contributed by atoms with Gasteiger partial charge in [-0.05, 0) is 44.4 Å². The molecule has 0 fully saturated rings. The first-order valence-electron chi connectivity index (χ1n) is 8.38. The monoisotopic (exact) mass is 474 g/mol. The fraction of sp³-hybridized carbons (Fsp3) is 0.444. The summed E-state index contributed by atoms with van der Waals surface area (Å²) in [6.07, 6.45) is 4.77. The maximum Gasteiger partial charge on any atom is 0.191 e. The van der Waals surface area contributed by atoms with E-state index in [0.29, 0.717) is 5.75 Å². The van der Waals surface area contributed by atoms with Crippen molar-refractivity contribution in [2.24, 2.45) is 4.99 Å². The number of aromatic nitrogens is 1. The van der Waals surface area contributed by atoms with Gasteiger partial charge in [0.25, 0.3) is 0 Å². The fourth-order valence-corrected chi connectivity index (χ4v) is 3.07. The van der Waals surface area contributed by atoms with Crippen LogP contribution in [0.3, 0.4) is 0 Å². The van der Waals surface area contributed by atoms with Crippen molar-refractivity contribution >= 4 is 41.3 Å². The van der Waals surface area contributed by atoms with Gasteiger partial charge in [0.05, 0.1) is 5.01 Å². The summed E-state index contributed by atoms with van der Waals surface area (Å²) in [6.45, 7) is 6.59. The molecule has 0 bridgehead atoms. The maximum absolute atomic E-state index is 9.28. The minimum atomic E-state index is 0. The van der Waals surface area contributed by atoms with Crippen LogP contribution in [-0.4, -0.2) is 35.7 Å². The second kappa shape index (κ2) is 12.1. The zero-order chi connectivity index (χ0) is 17.2. The molecule has 0 amide bonds. The molecule has 0 unspecified atom stereocenters. The van der Waals surface area contributed by atoms with Crippen LogP contribution in [0.15, 0.2) is 35.5 Å². The molecule has 3 N–H and O–H groups in total. The number of phenols is 1. The molecular weight excluding hydrogens is 447 g/mol. The minimum absolute atomic E-state index is 0. The molecule has 1 aromatic heterocycles. The van der Waals surface area contributed by atoms with Crippen LogP contribution in [0.25, 0.3) is 0 Å². The number of hydrogen-bond donors (Lipinski definition) is 3. The van der Waals surface area contributed by atoms with E-state index < -0.39 is 0 Å². The van der Waals surface area contributed by atoms with Gasteiger partial charge in [-0.25, -0.2) is 4.98 Å². The molecule has 7 heteroatoms. The Balaban J connectivity index is 0.00000312. The van der Waals surface area contributed by atoms with Crippen molar-refractivity contribution in [3.8, 4) is 5.75 Å². The van der Waals surface area contributed by atoms with E-state index in [0.717, 1.165) is 49.9 Å². The average Bonchev–Trinajstić information content (AvgIpc) is 2.98. The van der Waals surface area contributed by atoms with Crippen LogP contribution in [-0.2, 0) is 12.8 Å². The van der Waals surface area contributed by atoms with E-state index in [-0.39, 0.29) is 24.0 Å². The lowest BCUT2D eigenvalue weighted by Gasteiger charge is -2.10. The van der Waals surface area contributed by atoms with Crippen LogP contribution in [0, 0.1) is 6.92 Å². The van der Waals surface area contributed by atoms with Gasteiger partial charge < -0.3 is 15.7 Å². The van der Waals surface area contributed by atoms with Gasteiger partial charge in [-0.1, -0.05) is 12.1 Å². The number of benzene rings is 1. The van der Waals surface area contributed by atoms with Crippen LogP contribution < -0.4 is 10.6 Å². The molecule has 2 aromatic rings. The van der Waals surface area contributed by atoms with Gasteiger partial charge in [-0.2, -0.15) is 0 Å². The summed E-state index contributed by atoms with van der Waals surface area (Å²) >= 11 is 1.74. The Morgan fingerprint density at radius 3 is 2.60 bits per heavy atom. The SMILES string of the molecule is CCNC(=NCCCc1ccc(O)cc1)NCCc1ncc(C)s1.I. The number of aryl methyl sites for hydroxylation is 2. The van der Waals surface area contributed by atoms with Crippen molar-refractivity contribution < 1.29 is 5.11 Å². The Bertz CT molecular complexity index is 643. The van der Waals surface area contributed by atoms with Crippen molar-refractivity contribution in [2.45, 2.75) is 33.1 Å². The topological polar surface area (TPSA) is 69.5 Å². The third-order valence-electron chi connectivity index (χ3n) is 3.47. The van der Waals surface area contributed by atoms with E-state index in [2.05, 4.69) is 34.5 Å². The van der Waals surface area contributed by atoms with Crippen molar-refractivity contribution in [3.63, 3.8) is 0 Å². The number of halogens is 1. The Morgan fingerprint density at radius 2 is 1.96 bits per heavy atom. The number of nitrogens with zero attached hydrogens (tertiary/aromatic N) is 2. The van der Waals surface area contributed by atoms with Gasteiger partial charge >= 0.3 is 0 Å². The summed E-state index contributed by atoms with van der Waals surface area (Å²) in [5.74, 6) is 1.17. The van der Waals surface area contributed by atoms with Crippen molar-refractivity contribution in [2.75, 3.05) is 19.6 Å². The molecule has 0 spiro atoms. The molecular formula is C18H27IN4OS. The van der Waals surface area contributed by atoms with Gasteiger partial charge in [-0.15, -0.1) is 35.3 Å². The standard InChI is InChI=1S/C18H26N4OS.HI/c1-3-19-18(21-12-10-17-22-13-14(2)24-17)20-11-4-5-15-6-8-16(23)9-7-15;/h6-9,13,23H,3-5,10-12H2,1-2H3,(H2,19,20,21);1H. The van der Waals surface area contributed by atoms with Gasteiger partial charge in [0.2, 0.25) is 0 Å². The highest BCUT2D eigenvalue weighted by Crippen LogP contribution is 2.11. The molecule has 0 aliphatic carbocycles. The van der Waals surface area contributed by atoms with Crippen molar-refractivity contribution in [1.82, 2.24) is 15.6 Å². The molecule has 1 aromatic carbocycles. The quantitative estimate of drug-likeness (QED) is 0.237. The Labute approximate surface area is 171 Å². The first-order valence-corrected chi connectivity index (χ1v) is 9.20. The molecule has 138 valence electrons. The molecule has 25 heavy (non-hydrogen) atoms. The molecule has 0 saturated heterocycles. The summed E-state index contributed by atoms with van der Waals surface area (Å²) < 4.78 is 0. The molecule has 0 saturated carbocycles. The third-order valence-corrected chi connectivity index (χ3v) is 4.45. The number of hydrogen-bond acceptors (Lipinski definition) is 4. The van der Waals surface area contributed by atoms with Crippen LogP contribution in [0.5, 0.6) is 5.75 Å². The summed E-state index contributed by atoms with van der Waals surface area (Å²) in [6, 6.07) is 7.37. The number of guanidine groups is 1. The van der Waals surface area contributed by atoms with E-state index in [1.807, 2.05) is 18.3 Å². The van der Waals surface area contributed by atoms with Crippen LogP contribution >= 0.6 is 35.3 Å². The predicted octanol–water partition coefficient (Wildman–Crippen LogP) is 3.51. The molecule has 2 rings (SSSR count). The number of phenolic OH excluding ortho intramolecular Hbond substituents is 1. The van der Waals surface area contributed by atoms with Gasteiger partial charge in [-0.3, -0.25) is 4.99 Å². The number of aromatic hydroxyl groups is 1. The van der Waals surface area contributed by atoms with E-state index in [1.54, 1.807) is 23.5 Å². The lowest BCUT2D eigenvalue weighted by molar-refractivity contribution is 0.475. The maximum atomic E-state index is 9.28. The van der Waals surface area contributed by atoms with Crippen molar-refractivity contribution in [3.05, 3.63) is 45.9 Å². The Morgan fingerprint density at radius 1 is 1.20 bits per heavy atom. The molecule has 0 aliphatic heterocycles. The van der Waals surface area contributed by atoms with Crippen molar-refractivity contribution in [1.29, 1.82) is 0 Å². The highest BCUT2D eigenvalue weighted by atomic mass is 127. The van der Waals surface area contributed by atoms with E-state index in [1.165, 1.54) is 10.4 Å². The zero-order valence-electron chi connectivity index (χ0n) is 14.8. The molecule has 5 nitrogen and oxygen atoms in total. The minimum Gasteiger partial charge on any atom is -0.508 e. The number of nitrogens with one attached hydrogen (secondary N) is 2. The summed E-state index contributed by atoms with van der Waals surface area (Å²) in [5, 5.41) is 17.1. The first-order chi connectivity index (χ1) is 11.7. The summed E-state index contributed by atoms with van der Waals surface area (Å²) in [7, 11) is 0. The van der Waals surface area contributed by atoms with Crippen LogP contribution in [0.4, 0.5) is 0 Å². The van der Waals surface area contributed by atoms with Crippen LogP contribution in [0.2, 0.25) is 0 Å². The molecule has 0 aliphatic rings. The summed E-state index contributed by atoms with van der Waals surface area (Å²) in [4.78, 5) is 10.2. The van der Waals surface area contributed by atoms with Crippen LogP contribution in [0.1, 0.15) is 28.8 Å².